The van der Waals surface area contributed by atoms with Gasteiger partial charge >= 0.3 is 6.03 Å². The van der Waals surface area contributed by atoms with Gasteiger partial charge in [0.25, 0.3) is 0 Å². The number of hydrogen-bond acceptors (Lipinski definition) is 2. The van der Waals surface area contributed by atoms with Crippen molar-refractivity contribution in [3.8, 4) is 0 Å². The lowest BCUT2D eigenvalue weighted by atomic mass is 9.87. The summed E-state index contributed by atoms with van der Waals surface area (Å²) < 4.78 is 0. The third-order valence-corrected chi connectivity index (χ3v) is 3.98. The maximum absolute atomic E-state index is 12.1. The number of amides is 3. The van der Waals surface area contributed by atoms with Crippen molar-refractivity contribution >= 4 is 17.6 Å². The molecular formula is C16H23N3O2. The Morgan fingerprint density at radius 3 is 2.52 bits per heavy atom. The molecule has 1 aliphatic rings. The van der Waals surface area contributed by atoms with Crippen molar-refractivity contribution in [3.63, 3.8) is 0 Å². The van der Waals surface area contributed by atoms with Crippen LogP contribution in [-0.4, -0.2) is 18.0 Å². The number of para-hydroxylation sites is 1. The molecule has 1 saturated carbocycles. The number of carbonyl (C=O) groups is 2. The molecule has 0 spiro atoms. The Morgan fingerprint density at radius 2 is 1.86 bits per heavy atom. The molecule has 5 nitrogen and oxygen atoms in total. The smallest absolute Gasteiger partial charge is 0.319 e. The topological polar surface area (TPSA) is 84.2 Å². The number of benzene rings is 1. The average molecular weight is 289 g/mol. The van der Waals surface area contributed by atoms with E-state index in [1.807, 2.05) is 12.1 Å². The Kier molecular flexibility index (Phi) is 5.20. The van der Waals surface area contributed by atoms with E-state index in [0.29, 0.717) is 5.69 Å². The molecule has 0 unspecified atom stereocenters. The lowest BCUT2D eigenvalue weighted by molar-refractivity contribution is -0.117. The number of urea groups is 1. The first kappa shape index (κ1) is 15.4. The van der Waals surface area contributed by atoms with Gasteiger partial charge in [-0.05, 0) is 43.2 Å². The highest BCUT2D eigenvalue weighted by Crippen LogP contribution is 2.23. The molecule has 0 bridgehead atoms. The van der Waals surface area contributed by atoms with Crippen LogP contribution in [0.3, 0.4) is 0 Å². The van der Waals surface area contributed by atoms with Gasteiger partial charge in [0.2, 0.25) is 5.91 Å². The summed E-state index contributed by atoms with van der Waals surface area (Å²) in [5, 5.41) is 5.82. The summed E-state index contributed by atoms with van der Waals surface area (Å²) in [5.41, 5.74) is 6.59. The largest absolute Gasteiger partial charge is 0.369 e. The summed E-state index contributed by atoms with van der Waals surface area (Å²) >= 11 is 0. The fraction of sp³-hybridized carbons (Fsp3) is 0.500. The summed E-state index contributed by atoms with van der Waals surface area (Å²) in [4.78, 5) is 23.1. The van der Waals surface area contributed by atoms with Gasteiger partial charge in [0.1, 0.15) is 0 Å². The van der Waals surface area contributed by atoms with Crippen molar-refractivity contribution in [2.24, 2.45) is 11.7 Å². The van der Waals surface area contributed by atoms with E-state index in [1.54, 1.807) is 12.1 Å². The highest BCUT2D eigenvalue weighted by molar-refractivity contribution is 5.91. The molecule has 114 valence electrons. The van der Waals surface area contributed by atoms with Crippen molar-refractivity contribution in [1.82, 2.24) is 5.32 Å². The number of primary amides is 1. The summed E-state index contributed by atoms with van der Waals surface area (Å²) in [6, 6.07) is 7.24. The van der Waals surface area contributed by atoms with Gasteiger partial charge in [-0.1, -0.05) is 25.1 Å². The van der Waals surface area contributed by atoms with Gasteiger partial charge in [0.05, 0.1) is 6.42 Å². The Hall–Kier alpha value is -2.04. The third kappa shape index (κ3) is 4.77. The van der Waals surface area contributed by atoms with Crippen LogP contribution in [0.5, 0.6) is 0 Å². The van der Waals surface area contributed by atoms with Crippen LogP contribution in [0.15, 0.2) is 24.3 Å². The van der Waals surface area contributed by atoms with Crippen LogP contribution in [0, 0.1) is 5.92 Å². The van der Waals surface area contributed by atoms with Gasteiger partial charge in [0, 0.05) is 11.7 Å². The number of nitrogens with two attached hydrogens (primary N) is 1. The van der Waals surface area contributed by atoms with Crippen molar-refractivity contribution in [3.05, 3.63) is 29.8 Å². The number of rotatable bonds is 4. The van der Waals surface area contributed by atoms with Crippen LogP contribution in [-0.2, 0) is 11.2 Å². The molecule has 2 rings (SSSR count). The van der Waals surface area contributed by atoms with Crippen LogP contribution >= 0.6 is 0 Å². The highest BCUT2D eigenvalue weighted by Gasteiger charge is 2.20. The van der Waals surface area contributed by atoms with E-state index in [-0.39, 0.29) is 18.5 Å². The molecular weight excluding hydrogens is 266 g/mol. The highest BCUT2D eigenvalue weighted by atomic mass is 16.2. The number of hydrogen-bond donors (Lipinski definition) is 3. The zero-order valence-electron chi connectivity index (χ0n) is 12.4. The van der Waals surface area contributed by atoms with Gasteiger partial charge < -0.3 is 16.4 Å². The zero-order valence-corrected chi connectivity index (χ0v) is 12.4. The van der Waals surface area contributed by atoms with E-state index in [0.717, 1.165) is 37.2 Å². The molecule has 3 amide bonds. The molecule has 0 heterocycles. The summed E-state index contributed by atoms with van der Waals surface area (Å²) in [6.45, 7) is 2.25. The summed E-state index contributed by atoms with van der Waals surface area (Å²) in [5.74, 6) is 0.341. The number of nitrogens with one attached hydrogen (secondary N) is 2. The van der Waals surface area contributed by atoms with E-state index in [9.17, 15) is 9.59 Å². The van der Waals surface area contributed by atoms with Crippen molar-refractivity contribution in [2.45, 2.75) is 45.1 Å². The Balaban J connectivity index is 1.92. The molecule has 1 aliphatic carbocycles. The zero-order chi connectivity index (χ0) is 15.2. The molecule has 1 aromatic rings. The molecule has 0 saturated heterocycles. The lowest BCUT2D eigenvalue weighted by Crippen LogP contribution is -2.40. The summed E-state index contributed by atoms with van der Waals surface area (Å²) in [6.07, 6.45) is 4.48. The fourth-order valence-corrected chi connectivity index (χ4v) is 2.73. The lowest BCUT2D eigenvalue weighted by Gasteiger charge is -2.27. The van der Waals surface area contributed by atoms with Crippen molar-refractivity contribution in [1.29, 1.82) is 0 Å². The van der Waals surface area contributed by atoms with Gasteiger partial charge in [-0.2, -0.15) is 0 Å². The number of anilines is 1. The van der Waals surface area contributed by atoms with E-state index < -0.39 is 5.91 Å². The van der Waals surface area contributed by atoms with Gasteiger partial charge in [-0.3, -0.25) is 4.79 Å². The first-order valence-corrected chi connectivity index (χ1v) is 7.48. The minimum atomic E-state index is -0.411. The quantitative estimate of drug-likeness (QED) is 0.795. The van der Waals surface area contributed by atoms with Crippen LogP contribution in [0.1, 0.15) is 38.2 Å². The maximum atomic E-state index is 12.1. The second-order valence-electron chi connectivity index (χ2n) is 5.86. The number of carbonyl (C=O) groups excluding carboxylic acids is 2. The van der Waals surface area contributed by atoms with Crippen LogP contribution in [0.2, 0.25) is 0 Å². The molecule has 0 aromatic heterocycles. The minimum Gasteiger partial charge on any atom is -0.369 e. The van der Waals surface area contributed by atoms with Crippen molar-refractivity contribution < 1.29 is 9.59 Å². The Labute approximate surface area is 125 Å². The van der Waals surface area contributed by atoms with E-state index in [4.69, 9.17) is 5.73 Å². The third-order valence-electron chi connectivity index (χ3n) is 3.98. The normalized spacial score (nSPS) is 21.6. The summed E-state index contributed by atoms with van der Waals surface area (Å²) in [7, 11) is 0. The first-order valence-electron chi connectivity index (χ1n) is 7.48. The molecule has 1 fully saturated rings. The minimum absolute atomic E-state index is 0.122. The van der Waals surface area contributed by atoms with Crippen LogP contribution in [0.25, 0.3) is 0 Å². The molecule has 1 aromatic carbocycles. The molecule has 0 atom stereocenters. The van der Waals surface area contributed by atoms with E-state index >= 15 is 0 Å². The first-order chi connectivity index (χ1) is 10.0. The molecule has 21 heavy (non-hydrogen) atoms. The Bertz CT molecular complexity index is 508. The second kappa shape index (κ2) is 7.11. The van der Waals surface area contributed by atoms with Gasteiger partial charge in [-0.25, -0.2) is 4.79 Å². The van der Waals surface area contributed by atoms with E-state index in [2.05, 4.69) is 17.6 Å². The Morgan fingerprint density at radius 1 is 1.19 bits per heavy atom. The second-order valence-corrected chi connectivity index (χ2v) is 5.86. The molecule has 0 radical (unpaired) electrons. The van der Waals surface area contributed by atoms with Gasteiger partial charge in [0.15, 0.2) is 0 Å². The molecule has 4 N–H and O–H groups in total. The van der Waals surface area contributed by atoms with Crippen LogP contribution < -0.4 is 16.4 Å². The van der Waals surface area contributed by atoms with E-state index in [1.165, 1.54) is 0 Å². The standard InChI is InChI=1S/C16H23N3O2/c1-11-6-8-13(9-7-11)18-16(21)19-14-5-3-2-4-12(14)10-15(17)20/h2-5,11,13H,6-10H2,1H3,(H2,17,20)(H2,18,19,21). The average Bonchev–Trinajstić information content (AvgIpc) is 2.43. The molecule has 5 heteroatoms. The fourth-order valence-electron chi connectivity index (χ4n) is 2.73. The predicted octanol–water partition coefficient (Wildman–Crippen LogP) is 2.41. The maximum Gasteiger partial charge on any atom is 0.319 e. The van der Waals surface area contributed by atoms with Crippen LogP contribution in [0.4, 0.5) is 10.5 Å². The molecule has 0 aliphatic heterocycles. The SMILES string of the molecule is CC1CCC(NC(=O)Nc2ccccc2CC(N)=O)CC1. The monoisotopic (exact) mass is 289 g/mol. The van der Waals surface area contributed by atoms with Gasteiger partial charge in [-0.15, -0.1) is 0 Å². The van der Waals surface area contributed by atoms with Crippen molar-refractivity contribution in [2.75, 3.05) is 5.32 Å². The predicted molar refractivity (Wildman–Crippen MR) is 82.9 cm³/mol.